The second-order valence-corrected chi connectivity index (χ2v) is 3.90. The van der Waals surface area contributed by atoms with Gasteiger partial charge in [0, 0.05) is 18.1 Å². The molecule has 0 amide bonds. The van der Waals surface area contributed by atoms with Crippen LogP contribution in [-0.4, -0.2) is 12.4 Å². The highest BCUT2D eigenvalue weighted by Gasteiger charge is 2.56. The van der Waals surface area contributed by atoms with Crippen molar-refractivity contribution in [2.45, 2.75) is 6.17 Å². The molecule has 0 bridgehead atoms. The predicted molar refractivity (Wildman–Crippen MR) is 57.1 cm³/mol. The molecule has 3 rings (SSSR count). The Kier molecular flexibility index (Phi) is 1.58. The molecule has 2 N–H and O–H groups in total. The standard InChI is InChI=1S/C12H12N2/c13-12(11-9-6-10(9)11)14-7-8-4-2-1-3-5-8/h1-7,9,11-12H,13H2/b14-7+/t9-,11?,12?/m0/s1. The summed E-state index contributed by atoms with van der Waals surface area (Å²) in [5.74, 6) is 1.29. The zero-order valence-electron chi connectivity index (χ0n) is 7.80. The molecule has 0 radical (unpaired) electrons. The predicted octanol–water partition coefficient (Wildman–Crippen LogP) is 1.58. The highest BCUT2D eigenvalue weighted by Crippen LogP contribution is 2.61. The Morgan fingerprint density at radius 3 is 2.57 bits per heavy atom. The summed E-state index contributed by atoms with van der Waals surface area (Å²) in [6.07, 6.45) is 4.09. The first-order valence-electron chi connectivity index (χ1n) is 4.92. The third kappa shape index (κ3) is 1.28. The smallest absolute Gasteiger partial charge is 0.104 e. The van der Waals surface area contributed by atoms with Crippen molar-refractivity contribution in [1.82, 2.24) is 0 Å². The second-order valence-electron chi connectivity index (χ2n) is 3.90. The quantitative estimate of drug-likeness (QED) is 0.562. The molecule has 2 aliphatic rings. The molecule has 0 heterocycles. The van der Waals surface area contributed by atoms with Crippen molar-refractivity contribution in [1.29, 1.82) is 0 Å². The number of hydrogen-bond donors (Lipinski definition) is 1. The van der Waals surface area contributed by atoms with Gasteiger partial charge < -0.3 is 5.73 Å². The van der Waals surface area contributed by atoms with Crippen LogP contribution in [0.1, 0.15) is 5.56 Å². The molecule has 2 heteroatoms. The van der Waals surface area contributed by atoms with Gasteiger partial charge in [-0.25, -0.2) is 0 Å². The Hall–Kier alpha value is -1.41. The Labute approximate surface area is 83.2 Å². The number of hydrogen-bond acceptors (Lipinski definition) is 2. The lowest BCUT2D eigenvalue weighted by Gasteiger charge is -2.05. The lowest BCUT2D eigenvalue weighted by Crippen LogP contribution is -2.22. The van der Waals surface area contributed by atoms with Crippen LogP contribution in [0.2, 0.25) is 0 Å². The first-order chi connectivity index (χ1) is 6.86. The Morgan fingerprint density at radius 1 is 1.29 bits per heavy atom. The maximum absolute atomic E-state index is 5.91. The summed E-state index contributed by atoms with van der Waals surface area (Å²) in [7, 11) is 0. The van der Waals surface area contributed by atoms with Gasteiger partial charge in [0.05, 0.1) is 0 Å². The van der Waals surface area contributed by atoms with Crippen LogP contribution >= 0.6 is 0 Å². The molecule has 1 aromatic carbocycles. The van der Waals surface area contributed by atoms with Crippen molar-refractivity contribution in [3.05, 3.63) is 47.5 Å². The van der Waals surface area contributed by atoms with Crippen molar-refractivity contribution >= 4 is 6.21 Å². The van der Waals surface area contributed by atoms with E-state index in [2.05, 4.69) is 11.1 Å². The monoisotopic (exact) mass is 184 g/mol. The fourth-order valence-corrected chi connectivity index (χ4v) is 1.79. The molecule has 1 aromatic rings. The van der Waals surface area contributed by atoms with Crippen molar-refractivity contribution in [2.75, 3.05) is 0 Å². The van der Waals surface area contributed by atoms with Gasteiger partial charge in [-0.05, 0) is 5.56 Å². The van der Waals surface area contributed by atoms with Gasteiger partial charge in [0.2, 0.25) is 0 Å². The minimum Gasteiger partial charge on any atom is -0.309 e. The molecule has 70 valence electrons. The normalized spacial score (nSPS) is 29.6. The maximum Gasteiger partial charge on any atom is 0.104 e. The summed E-state index contributed by atoms with van der Waals surface area (Å²) in [6.45, 7) is 0. The van der Waals surface area contributed by atoms with E-state index in [0.29, 0.717) is 5.92 Å². The summed E-state index contributed by atoms with van der Waals surface area (Å²) >= 11 is 0. The van der Waals surface area contributed by atoms with Crippen LogP contribution in [0.4, 0.5) is 0 Å². The SMILES string of the molecule is NC(/N=C/c1ccccc1)C1C2=C[C@@H]21. The number of aliphatic imine (C=N–C) groups is 1. The van der Waals surface area contributed by atoms with Crippen LogP contribution in [-0.2, 0) is 0 Å². The van der Waals surface area contributed by atoms with E-state index in [1.54, 1.807) is 0 Å². The van der Waals surface area contributed by atoms with Gasteiger partial charge in [-0.3, -0.25) is 4.99 Å². The first-order valence-corrected chi connectivity index (χ1v) is 4.92. The fraction of sp³-hybridized carbons (Fsp3) is 0.250. The highest BCUT2D eigenvalue weighted by atomic mass is 15.0. The molecule has 2 unspecified atom stereocenters. The number of nitrogens with two attached hydrogens (primary N) is 1. The molecule has 2 aliphatic carbocycles. The minimum absolute atomic E-state index is 0.0276. The zero-order valence-corrected chi connectivity index (χ0v) is 7.80. The molecule has 0 spiro atoms. The molecular formula is C12H12N2. The average molecular weight is 184 g/mol. The molecule has 3 atom stereocenters. The number of nitrogens with zero attached hydrogens (tertiary/aromatic N) is 1. The van der Waals surface area contributed by atoms with E-state index in [1.807, 2.05) is 36.5 Å². The largest absolute Gasteiger partial charge is 0.309 e. The van der Waals surface area contributed by atoms with Gasteiger partial charge in [0.1, 0.15) is 6.17 Å². The highest BCUT2D eigenvalue weighted by molar-refractivity contribution is 5.79. The fourth-order valence-electron chi connectivity index (χ4n) is 1.79. The summed E-state index contributed by atoms with van der Waals surface area (Å²) in [6, 6.07) is 10.1. The summed E-state index contributed by atoms with van der Waals surface area (Å²) < 4.78 is 0. The van der Waals surface area contributed by atoms with E-state index in [-0.39, 0.29) is 6.17 Å². The lowest BCUT2D eigenvalue weighted by molar-refractivity contribution is 0.600. The summed E-state index contributed by atoms with van der Waals surface area (Å²) in [5, 5.41) is 0. The molecule has 0 aliphatic heterocycles. The van der Waals surface area contributed by atoms with Crippen LogP contribution in [0.3, 0.4) is 0 Å². The molecular weight excluding hydrogens is 172 g/mol. The molecule has 1 fully saturated rings. The van der Waals surface area contributed by atoms with Crippen LogP contribution < -0.4 is 5.73 Å². The number of allylic oxidation sites excluding steroid dienone is 1. The van der Waals surface area contributed by atoms with E-state index in [4.69, 9.17) is 5.73 Å². The van der Waals surface area contributed by atoms with Gasteiger partial charge in [0.25, 0.3) is 0 Å². The number of benzene rings is 1. The van der Waals surface area contributed by atoms with Crippen molar-refractivity contribution in [3.63, 3.8) is 0 Å². The minimum atomic E-state index is -0.0276. The van der Waals surface area contributed by atoms with Gasteiger partial charge in [-0.1, -0.05) is 42.0 Å². The first kappa shape index (κ1) is 7.94. The molecule has 14 heavy (non-hydrogen) atoms. The molecule has 1 saturated carbocycles. The Balaban J connectivity index is 1.66. The Bertz CT molecular complexity index is 406. The average Bonchev–Trinajstić information content (AvgIpc) is 3.05. The van der Waals surface area contributed by atoms with Crippen molar-refractivity contribution in [2.24, 2.45) is 22.6 Å². The van der Waals surface area contributed by atoms with Crippen LogP contribution in [0.15, 0.2) is 47.0 Å². The van der Waals surface area contributed by atoms with Gasteiger partial charge in [-0.2, -0.15) is 0 Å². The van der Waals surface area contributed by atoms with Gasteiger partial charge in [0.15, 0.2) is 0 Å². The van der Waals surface area contributed by atoms with E-state index in [1.165, 1.54) is 5.57 Å². The van der Waals surface area contributed by atoms with E-state index >= 15 is 0 Å². The summed E-state index contributed by atoms with van der Waals surface area (Å²) in [4.78, 5) is 4.35. The number of rotatable bonds is 3. The Morgan fingerprint density at radius 2 is 2.00 bits per heavy atom. The third-order valence-corrected chi connectivity index (χ3v) is 2.87. The van der Waals surface area contributed by atoms with E-state index in [9.17, 15) is 0 Å². The summed E-state index contributed by atoms with van der Waals surface area (Å²) in [5.41, 5.74) is 8.54. The third-order valence-electron chi connectivity index (χ3n) is 2.87. The van der Waals surface area contributed by atoms with E-state index < -0.39 is 0 Å². The second kappa shape index (κ2) is 2.79. The van der Waals surface area contributed by atoms with Gasteiger partial charge in [-0.15, -0.1) is 0 Å². The zero-order chi connectivity index (χ0) is 9.54. The van der Waals surface area contributed by atoms with Crippen LogP contribution in [0.5, 0.6) is 0 Å². The lowest BCUT2D eigenvalue weighted by atomic mass is 10.2. The van der Waals surface area contributed by atoms with Gasteiger partial charge >= 0.3 is 0 Å². The van der Waals surface area contributed by atoms with E-state index in [0.717, 1.165) is 11.5 Å². The van der Waals surface area contributed by atoms with Crippen LogP contribution in [0, 0.1) is 11.8 Å². The topological polar surface area (TPSA) is 38.4 Å². The molecule has 0 aromatic heterocycles. The van der Waals surface area contributed by atoms with Crippen LogP contribution in [0.25, 0.3) is 0 Å². The van der Waals surface area contributed by atoms with Crippen molar-refractivity contribution in [3.8, 4) is 0 Å². The molecule has 0 saturated heterocycles. The van der Waals surface area contributed by atoms with Crippen molar-refractivity contribution < 1.29 is 0 Å². The number of fused-ring (bicyclic) bond motifs is 1. The molecule has 2 nitrogen and oxygen atoms in total. The maximum atomic E-state index is 5.91.